The van der Waals surface area contributed by atoms with E-state index in [0.29, 0.717) is 25.9 Å². The van der Waals surface area contributed by atoms with Gasteiger partial charge in [-0.3, -0.25) is 14.4 Å². The van der Waals surface area contributed by atoms with Crippen LogP contribution in [0.3, 0.4) is 0 Å². The Kier molecular flexibility index (Phi) is 11.5. The van der Waals surface area contributed by atoms with Crippen molar-refractivity contribution in [2.45, 2.75) is 65.3 Å². The van der Waals surface area contributed by atoms with Crippen molar-refractivity contribution in [3.8, 4) is 0 Å². The van der Waals surface area contributed by atoms with Gasteiger partial charge in [-0.1, -0.05) is 51.1 Å². The third-order valence-corrected chi connectivity index (χ3v) is 5.23. The maximum atomic E-state index is 12.9. The van der Waals surface area contributed by atoms with Gasteiger partial charge in [-0.15, -0.1) is 0 Å². The van der Waals surface area contributed by atoms with E-state index < -0.39 is 35.8 Å². The normalized spacial score (nSPS) is 12.5. The van der Waals surface area contributed by atoms with Gasteiger partial charge in [0.1, 0.15) is 12.6 Å². The van der Waals surface area contributed by atoms with E-state index in [0.717, 1.165) is 5.56 Å². The molecule has 0 aliphatic carbocycles. The molecule has 2 aromatic rings. The molecule has 0 fully saturated rings. The van der Waals surface area contributed by atoms with Gasteiger partial charge in [-0.2, -0.15) is 0 Å². The van der Waals surface area contributed by atoms with E-state index in [1.807, 2.05) is 54.9 Å². The molecule has 0 saturated heterocycles. The lowest BCUT2D eigenvalue weighted by Gasteiger charge is -2.23. The van der Waals surface area contributed by atoms with Crippen molar-refractivity contribution in [1.29, 1.82) is 0 Å². The first-order chi connectivity index (χ1) is 16.8. The first-order valence-electron chi connectivity index (χ1n) is 11.9. The lowest BCUT2D eigenvalue weighted by molar-refractivity contribution is -0.140. The van der Waals surface area contributed by atoms with Crippen molar-refractivity contribution in [1.82, 2.24) is 25.5 Å². The largest absolute Gasteiger partial charge is 0.445 e. The molecule has 35 heavy (non-hydrogen) atoms. The molecule has 1 aromatic carbocycles. The number of alkyl carbamates (subject to hydrolysis) is 1. The van der Waals surface area contributed by atoms with Gasteiger partial charge in [-0.25, -0.2) is 9.78 Å². The van der Waals surface area contributed by atoms with Crippen LogP contribution in [0.5, 0.6) is 0 Å². The number of ether oxygens (including phenoxy) is 1. The summed E-state index contributed by atoms with van der Waals surface area (Å²) >= 11 is 0. The first-order valence-corrected chi connectivity index (χ1v) is 11.9. The zero-order valence-corrected chi connectivity index (χ0v) is 20.5. The minimum absolute atomic E-state index is 0.0692. The molecule has 0 aliphatic heterocycles. The molecule has 3 amide bonds. The Morgan fingerprint density at radius 1 is 1.06 bits per heavy atom. The molecule has 2 atom stereocenters. The smallest absolute Gasteiger partial charge is 0.408 e. The van der Waals surface area contributed by atoms with Crippen LogP contribution in [0.25, 0.3) is 0 Å². The number of rotatable bonds is 14. The Morgan fingerprint density at radius 2 is 1.80 bits per heavy atom. The molecule has 0 radical (unpaired) electrons. The average molecular weight is 486 g/mol. The Labute approximate surface area is 205 Å². The molecular formula is C25H35N5O5. The molecule has 3 N–H and O–H groups in total. The molecule has 190 valence electrons. The average Bonchev–Trinajstić information content (AvgIpc) is 3.36. The van der Waals surface area contributed by atoms with Crippen molar-refractivity contribution in [2.75, 3.05) is 6.54 Å². The van der Waals surface area contributed by atoms with Crippen LogP contribution in [0.1, 0.15) is 45.6 Å². The lowest BCUT2D eigenvalue weighted by atomic mass is 10.0. The number of Topliss-reactive ketones (excluding diaryl/α,β-unsaturated/α-hetero) is 1. The van der Waals surface area contributed by atoms with Gasteiger partial charge in [0, 0.05) is 25.5 Å². The first kappa shape index (κ1) is 27.6. The standard InChI is InChI=1S/C25H35N5O5/c1-4-20(22(31)24(33)27-11-8-13-30-14-12-26-17-30)28-23(32)21(15-18(2)3)29-25(34)35-16-19-9-6-5-7-10-19/h5-7,9-10,12,14,17-18,20-21H,4,8,11,13,15-16H2,1-3H3,(H,27,33)(H,28,32)(H,29,34)/t20?,21-/m0/s1. The highest BCUT2D eigenvalue weighted by Crippen LogP contribution is 2.08. The van der Waals surface area contributed by atoms with Crippen LogP contribution in [0.4, 0.5) is 4.79 Å². The summed E-state index contributed by atoms with van der Waals surface area (Å²) < 4.78 is 7.09. The van der Waals surface area contributed by atoms with Gasteiger partial charge in [0.25, 0.3) is 5.91 Å². The van der Waals surface area contributed by atoms with E-state index in [4.69, 9.17) is 4.74 Å². The van der Waals surface area contributed by atoms with Crippen LogP contribution in [0, 0.1) is 5.92 Å². The van der Waals surface area contributed by atoms with Crippen LogP contribution in [-0.2, 0) is 32.3 Å². The van der Waals surface area contributed by atoms with E-state index in [1.54, 1.807) is 19.4 Å². The maximum absolute atomic E-state index is 12.9. The number of amides is 3. The number of hydrogen-bond donors (Lipinski definition) is 3. The van der Waals surface area contributed by atoms with Crippen molar-refractivity contribution in [3.05, 3.63) is 54.6 Å². The van der Waals surface area contributed by atoms with Crippen LogP contribution in [-0.4, -0.2) is 51.9 Å². The molecule has 10 heteroatoms. The molecule has 1 aromatic heterocycles. The number of nitrogens with one attached hydrogen (secondary N) is 3. The Morgan fingerprint density at radius 3 is 2.43 bits per heavy atom. The summed E-state index contributed by atoms with van der Waals surface area (Å²) in [4.78, 5) is 54.1. The fourth-order valence-corrected chi connectivity index (χ4v) is 3.36. The SMILES string of the molecule is CCC(NC(=O)[C@H](CC(C)C)NC(=O)OCc1ccccc1)C(=O)C(=O)NCCCn1ccnc1. The topological polar surface area (TPSA) is 131 Å². The number of ketones is 1. The number of imidazole rings is 1. The van der Waals surface area contributed by atoms with Crippen LogP contribution >= 0.6 is 0 Å². The monoisotopic (exact) mass is 485 g/mol. The van der Waals surface area contributed by atoms with Gasteiger partial charge in [0.15, 0.2) is 0 Å². The van der Waals surface area contributed by atoms with E-state index in [9.17, 15) is 19.2 Å². The minimum atomic E-state index is -0.993. The summed E-state index contributed by atoms with van der Waals surface area (Å²) in [6.45, 7) is 6.57. The number of aryl methyl sites for hydroxylation is 1. The maximum Gasteiger partial charge on any atom is 0.408 e. The quantitative estimate of drug-likeness (QED) is 0.278. The zero-order valence-electron chi connectivity index (χ0n) is 20.5. The van der Waals surface area contributed by atoms with Gasteiger partial charge >= 0.3 is 6.09 Å². The molecule has 2 rings (SSSR count). The number of aromatic nitrogens is 2. The Hall–Kier alpha value is -3.69. The van der Waals surface area contributed by atoms with Crippen molar-refractivity contribution in [3.63, 3.8) is 0 Å². The highest BCUT2D eigenvalue weighted by molar-refractivity contribution is 6.38. The second-order valence-corrected chi connectivity index (χ2v) is 8.63. The summed E-state index contributed by atoms with van der Waals surface area (Å²) in [6, 6.07) is 7.29. The Bertz CT molecular complexity index is 946. The molecule has 1 heterocycles. The molecule has 10 nitrogen and oxygen atoms in total. The molecule has 1 unspecified atom stereocenters. The second kappa shape index (κ2) is 14.5. The summed E-state index contributed by atoms with van der Waals surface area (Å²) in [5.41, 5.74) is 0.820. The zero-order chi connectivity index (χ0) is 25.6. The number of carbonyl (C=O) groups is 4. The van der Waals surface area contributed by atoms with Gasteiger partial charge < -0.3 is 25.3 Å². The number of hydrogen-bond acceptors (Lipinski definition) is 6. The highest BCUT2D eigenvalue weighted by atomic mass is 16.5. The van der Waals surface area contributed by atoms with Crippen molar-refractivity contribution < 1.29 is 23.9 Å². The predicted octanol–water partition coefficient (Wildman–Crippen LogP) is 2.19. The summed E-state index contributed by atoms with van der Waals surface area (Å²) in [6.07, 6.45) is 5.63. The minimum Gasteiger partial charge on any atom is -0.445 e. The van der Waals surface area contributed by atoms with Crippen LogP contribution in [0.15, 0.2) is 49.1 Å². The summed E-state index contributed by atoms with van der Waals surface area (Å²) in [5, 5.41) is 7.79. The van der Waals surface area contributed by atoms with Crippen LogP contribution in [0.2, 0.25) is 0 Å². The van der Waals surface area contributed by atoms with E-state index in [1.165, 1.54) is 0 Å². The van der Waals surface area contributed by atoms with E-state index >= 15 is 0 Å². The molecule has 0 saturated carbocycles. The van der Waals surface area contributed by atoms with Crippen molar-refractivity contribution in [2.24, 2.45) is 5.92 Å². The van der Waals surface area contributed by atoms with Crippen LogP contribution < -0.4 is 16.0 Å². The highest BCUT2D eigenvalue weighted by Gasteiger charge is 2.29. The number of carbonyl (C=O) groups excluding carboxylic acids is 4. The molecular weight excluding hydrogens is 450 g/mol. The third-order valence-electron chi connectivity index (χ3n) is 5.23. The lowest BCUT2D eigenvalue weighted by Crippen LogP contribution is -2.54. The number of benzene rings is 1. The predicted molar refractivity (Wildman–Crippen MR) is 130 cm³/mol. The molecule has 0 aliphatic rings. The van der Waals surface area contributed by atoms with E-state index in [-0.39, 0.29) is 18.9 Å². The third kappa shape index (κ3) is 9.99. The van der Waals surface area contributed by atoms with Crippen molar-refractivity contribution >= 4 is 23.7 Å². The Balaban J connectivity index is 1.86. The fourth-order valence-electron chi connectivity index (χ4n) is 3.36. The summed E-state index contributed by atoms with van der Waals surface area (Å²) in [5.74, 6) is -1.92. The molecule has 0 spiro atoms. The summed E-state index contributed by atoms with van der Waals surface area (Å²) in [7, 11) is 0. The fraction of sp³-hybridized carbons (Fsp3) is 0.480. The molecule has 0 bridgehead atoms. The second-order valence-electron chi connectivity index (χ2n) is 8.63. The number of nitrogens with zero attached hydrogens (tertiary/aromatic N) is 2. The van der Waals surface area contributed by atoms with E-state index in [2.05, 4.69) is 20.9 Å². The van der Waals surface area contributed by atoms with Gasteiger partial charge in [-0.05, 0) is 30.7 Å². The van der Waals surface area contributed by atoms with Gasteiger partial charge in [0.2, 0.25) is 11.7 Å². The van der Waals surface area contributed by atoms with Gasteiger partial charge in [0.05, 0.1) is 12.4 Å².